The molecule has 0 fully saturated rings. The van der Waals surface area contributed by atoms with Crippen molar-refractivity contribution < 1.29 is 9.90 Å². The number of carbonyl (C=O) groups excluding carboxylic acids is 1. The van der Waals surface area contributed by atoms with E-state index in [4.69, 9.17) is 0 Å². The Labute approximate surface area is 125 Å². The zero-order valence-electron chi connectivity index (χ0n) is 12.6. The Hall–Kier alpha value is -2.49. The number of benzene rings is 2. The van der Waals surface area contributed by atoms with Gasteiger partial charge in [-0.05, 0) is 42.0 Å². The van der Waals surface area contributed by atoms with Crippen LogP contribution in [-0.2, 0) is 6.54 Å². The SMILES string of the molecule is CN(Cc1ccc(O)cc1)C(=O)c1ccc(N(C)C)cc1. The van der Waals surface area contributed by atoms with Gasteiger partial charge in [0, 0.05) is 38.9 Å². The minimum Gasteiger partial charge on any atom is -0.508 e. The van der Waals surface area contributed by atoms with Gasteiger partial charge in [-0.1, -0.05) is 12.1 Å². The third-order valence-electron chi connectivity index (χ3n) is 3.33. The Bertz CT molecular complexity index is 604. The Morgan fingerprint density at radius 2 is 1.52 bits per heavy atom. The molecule has 0 saturated carbocycles. The Morgan fingerprint density at radius 1 is 0.952 bits per heavy atom. The van der Waals surface area contributed by atoms with Crippen LogP contribution in [0.25, 0.3) is 0 Å². The molecule has 2 rings (SSSR count). The summed E-state index contributed by atoms with van der Waals surface area (Å²) in [5.41, 5.74) is 2.71. The van der Waals surface area contributed by atoms with Gasteiger partial charge in [-0.25, -0.2) is 0 Å². The van der Waals surface area contributed by atoms with Crippen molar-refractivity contribution in [2.45, 2.75) is 6.54 Å². The molecule has 0 aliphatic rings. The topological polar surface area (TPSA) is 43.8 Å². The maximum absolute atomic E-state index is 12.4. The molecule has 0 bridgehead atoms. The van der Waals surface area contributed by atoms with Gasteiger partial charge in [0.1, 0.15) is 5.75 Å². The van der Waals surface area contributed by atoms with E-state index in [2.05, 4.69) is 0 Å². The normalized spacial score (nSPS) is 10.2. The number of aromatic hydroxyl groups is 1. The first-order valence-corrected chi connectivity index (χ1v) is 6.78. The molecular formula is C17H20N2O2. The minimum absolute atomic E-state index is 0.0200. The number of phenolic OH excluding ortho intramolecular Hbond substituents is 1. The summed E-state index contributed by atoms with van der Waals surface area (Å²) in [5.74, 6) is 0.209. The Kier molecular flexibility index (Phi) is 4.48. The van der Waals surface area contributed by atoms with Gasteiger partial charge in [-0.15, -0.1) is 0 Å². The standard InChI is InChI=1S/C17H20N2O2/c1-18(2)15-8-6-14(7-9-15)17(21)19(3)12-13-4-10-16(20)11-5-13/h4-11,20H,12H2,1-3H3. The number of rotatable bonds is 4. The second kappa shape index (κ2) is 6.31. The summed E-state index contributed by atoms with van der Waals surface area (Å²) in [6.45, 7) is 0.508. The van der Waals surface area contributed by atoms with Crippen molar-refractivity contribution in [1.29, 1.82) is 0 Å². The van der Waals surface area contributed by atoms with Gasteiger partial charge in [0.05, 0.1) is 0 Å². The van der Waals surface area contributed by atoms with Crippen LogP contribution in [0.5, 0.6) is 5.75 Å². The maximum atomic E-state index is 12.4. The van der Waals surface area contributed by atoms with Gasteiger partial charge in [0.2, 0.25) is 0 Å². The van der Waals surface area contributed by atoms with Gasteiger partial charge in [-0.3, -0.25) is 4.79 Å². The molecule has 0 aliphatic heterocycles. The molecular weight excluding hydrogens is 264 g/mol. The summed E-state index contributed by atoms with van der Waals surface area (Å²) >= 11 is 0. The van der Waals surface area contributed by atoms with Crippen LogP contribution in [0.1, 0.15) is 15.9 Å². The summed E-state index contributed by atoms with van der Waals surface area (Å²) in [5, 5.41) is 9.26. The summed E-state index contributed by atoms with van der Waals surface area (Å²) in [6.07, 6.45) is 0. The second-order valence-electron chi connectivity index (χ2n) is 5.27. The van der Waals surface area contributed by atoms with Crippen LogP contribution in [0.15, 0.2) is 48.5 Å². The number of nitrogens with zero attached hydrogens (tertiary/aromatic N) is 2. The highest BCUT2D eigenvalue weighted by Crippen LogP contribution is 2.15. The molecule has 0 heterocycles. The summed E-state index contributed by atoms with van der Waals surface area (Å²) in [7, 11) is 5.70. The lowest BCUT2D eigenvalue weighted by Gasteiger charge is -2.18. The maximum Gasteiger partial charge on any atom is 0.253 e. The zero-order chi connectivity index (χ0) is 15.4. The van der Waals surface area contributed by atoms with Crippen molar-refractivity contribution in [3.05, 3.63) is 59.7 Å². The van der Waals surface area contributed by atoms with Gasteiger partial charge in [0.25, 0.3) is 5.91 Å². The number of anilines is 1. The highest BCUT2D eigenvalue weighted by molar-refractivity contribution is 5.94. The molecule has 0 atom stereocenters. The van der Waals surface area contributed by atoms with Crippen molar-refractivity contribution in [2.75, 3.05) is 26.0 Å². The van der Waals surface area contributed by atoms with Crippen molar-refractivity contribution in [2.24, 2.45) is 0 Å². The fraction of sp³-hybridized carbons (Fsp3) is 0.235. The average molecular weight is 284 g/mol. The predicted molar refractivity (Wildman–Crippen MR) is 84.7 cm³/mol. The van der Waals surface area contributed by atoms with Crippen LogP contribution in [0.4, 0.5) is 5.69 Å². The monoisotopic (exact) mass is 284 g/mol. The average Bonchev–Trinajstić information content (AvgIpc) is 2.49. The molecule has 0 spiro atoms. The fourth-order valence-electron chi connectivity index (χ4n) is 2.07. The van der Waals surface area contributed by atoms with E-state index in [0.717, 1.165) is 11.3 Å². The highest BCUT2D eigenvalue weighted by Gasteiger charge is 2.12. The van der Waals surface area contributed by atoms with Crippen LogP contribution < -0.4 is 4.90 Å². The number of hydrogen-bond acceptors (Lipinski definition) is 3. The quantitative estimate of drug-likeness (QED) is 0.939. The van der Waals surface area contributed by atoms with Crippen molar-refractivity contribution >= 4 is 11.6 Å². The molecule has 0 aliphatic carbocycles. The molecule has 1 amide bonds. The summed E-state index contributed by atoms with van der Waals surface area (Å²) < 4.78 is 0. The van der Waals surface area contributed by atoms with E-state index >= 15 is 0 Å². The molecule has 1 N–H and O–H groups in total. The van der Waals surface area contributed by atoms with Crippen molar-refractivity contribution in [3.8, 4) is 5.75 Å². The van der Waals surface area contributed by atoms with Gasteiger partial charge in [0.15, 0.2) is 0 Å². The first kappa shape index (κ1) is 14.9. The van der Waals surface area contributed by atoms with E-state index in [1.165, 1.54) is 0 Å². The molecule has 0 aromatic heterocycles. The van der Waals surface area contributed by atoms with Crippen molar-refractivity contribution in [1.82, 2.24) is 4.90 Å². The Balaban J connectivity index is 2.06. The molecule has 110 valence electrons. The van der Waals surface area contributed by atoms with Gasteiger partial charge in [-0.2, -0.15) is 0 Å². The van der Waals surface area contributed by atoms with Crippen LogP contribution >= 0.6 is 0 Å². The van der Waals surface area contributed by atoms with E-state index in [1.54, 1.807) is 24.1 Å². The van der Waals surface area contributed by atoms with Gasteiger partial charge < -0.3 is 14.9 Å². The lowest BCUT2D eigenvalue weighted by molar-refractivity contribution is 0.0785. The van der Waals surface area contributed by atoms with E-state index in [9.17, 15) is 9.90 Å². The fourth-order valence-corrected chi connectivity index (χ4v) is 2.07. The number of carbonyl (C=O) groups is 1. The first-order chi connectivity index (χ1) is 9.97. The molecule has 0 unspecified atom stereocenters. The lowest BCUT2D eigenvalue weighted by Crippen LogP contribution is -2.26. The molecule has 2 aromatic carbocycles. The second-order valence-corrected chi connectivity index (χ2v) is 5.27. The number of phenols is 1. The van der Waals surface area contributed by atoms with Gasteiger partial charge >= 0.3 is 0 Å². The largest absolute Gasteiger partial charge is 0.508 e. The van der Waals surface area contributed by atoms with Crippen LogP contribution in [0.3, 0.4) is 0 Å². The summed E-state index contributed by atoms with van der Waals surface area (Å²) in [6, 6.07) is 14.4. The van der Waals surface area contributed by atoms with Crippen LogP contribution in [-0.4, -0.2) is 37.1 Å². The lowest BCUT2D eigenvalue weighted by atomic mass is 10.1. The van der Waals surface area contributed by atoms with Crippen molar-refractivity contribution in [3.63, 3.8) is 0 Å². The molecule has 0 saturated heterocycles. The zero-order valence-corrected chi connectivity index (χ0v) is 12.6. The van der Waals surface area contributed by atoms with E-state index in [1.807, 2.05) is 55.4 Å². The smallest absolute Gasteiger partial charge is 0.253 e. The molecule has 2 aromatic rings. The van der Waals surface area contributed by atoms with Crippen LogP contribution in [0, 0.1) is 0 Å². The number of amides is 1. The number of hydrogen-bond donors (Lipinski definition) is 1. The van der Waals surface area contributed by atoms with E-state index < -0.39 is 0 Å². The molecule has 4 nitrogen and oxygen atoms in total. The Morgan fingerprint density at radius 3 is 2.05 bits per heavy atom. The minimum atomic E-state index is -0.0200. The summed E-state index contributed by atoms with van der Waals surface area (Å²) in [4.78, 5) is 16.0. The third-order valence-corrected chi connectivity index (χ3v) is 3.33. The van der Waals surface area contributed by atoms with Crippen LogP contribution in [0.2, 0.25) is 0 Å². The third kappa shape index (κ3) is 3.75. The first-order valence-electron chi connectivity index (χ1n) is 6.78. The molecule has 4 heteroatoms. The highest BCUT2D eigenvalue weighted by atomic mass is 16.3. The molecule has 21 heavy (non-hydrogen) atoms. The molecule has 0 radical (unpaired) electrons. The van der Waals surface area contributed by atoms with E-state index in [0.29, 0.717) is 12.1 Å². The van der Waals surface area contributed by atoms with E-state index in [-0.39, 0.29) is 11.7 Å². The predicted octanol–water partition coefficient (Wildman–Crippen LogP) is 2.73.